The molecule has 0 bridgehead atoms. The molecular weight excluding hydrogens is 384 g/mol. The summed E-state index contributed by atoms with van der Waals surface area (Å²) in [6, 6.07) is 0. The minimum atomic E-state index is -0.519. The van der Waals surface area contributed by atoms with E-state index < -0.39 is 17.2 Å². The number of nitrogens with zero attached hydrogens (tertiary/aromatic N) is 1. The first-order valence-corrected chi connectivity index (χ1v) is 11.3. The Morgan fingerprint density at radius 3 is 2.37 bits per heavy atom. The first-order valence-electron chi connectivity index (χ1n) is 11.3. The Kier molecular flexibility index (Phi) is 12.1. The molecule has 0 aromatic carbocycles. The molecule has 8 nitrogen and oxygen atoms in total. The summed E-state index contributed by atoms with van der Waals surface area (Å²) in [6.45, 7) is 14.3. The number of carbonyl (C=O) groups is 1. The van der Waals surface area contributed by atoms with Gasteiger partial charge in [0.05, 0.1) is 5.54 Å². The van der Waals surface area contributed by atoms with Crippen molar-refractivity contribution in [3.05, 3.63) is 0 Å². The van der Waals surface area contributed by atoms with Crippen LogP contribution >= 0.6 is 0 Å². The molecular formula is C22H44N4O4. The number of alkyl carbamates (subject to hydrolysis) is 1. The van der Waals surface area contributed by atoms with Crippen LogP contribution in [0.3, 0.4) is 0 Å². The van der Waals surface area contributed by atoms with Gasteiger partial charge in [0.2, 0.25) is 0 Å². The monoisotopic (exact) mass is 428 g/mol. The van der Waals surface area contributed by atoms with E-state index >= 15 is 0 Å². The third-order valence-corrected chi connectivity index (χ3v) is 5.39. The average molecular weight is 429 g/mol. The zero-order chi connectivity index (χ0) is 22.5. The second-order valence-corrected chi connectivity index (χ2v) is 8.95. The first kappa shape index (κ1) is 26.5. The van der Waals surface area contributed by atoms with Crippen LogP contribution in [0.4, 0.5) is 4.79 Å². The number of rotatable bonds is 11. The van der Waals surface area contributed by atoms with E-state index in [-0.39, 0.29) is 0 Å². The molecule has 1 heterocycles. The van der Waals surface area contributed by atoms with Crippen LogP contribution in [0, 0.1) is 5.92 Å². The third-order valence-electron chi connectivity index (χ3n) is 5.39. The summed E-state index contributed by atoms with van der Waals surface area (Å²) in [6.07, 6.45) is 4.29. The molecule has 1 amide bonds. The van der Waals surface area contributed by atoms with Gasteiger partial charge in [0.1, 0.15) is 5.60 Å². The van der Waals surface area contributed by atoms with Gasteiger partial charge in [0.15, 0.2) is 5.96 Å². The van der Waals surface area contributed by atoms with Gasteiger partial charge < -0.3 is 30.2 Å². The predicted molar refractivity (Wildman–Crippen MR) is 121 cm³/mol. The molecule has 176 valence electrons. The smallest absolute Gasteiger partial charge is 0.408 e. The van der Waals surface area contributed by atoms with Gasteiger partial charge in [-0.3, -0.25) is 4.99 Å². The molecule has 0 aromatic rings. The van der Waals surface area contributed by atoms with Crippen LogP contribution in [-0.2, 0) is 14.2 Å². The maximum Gasteiger partial charge on any atom is 0.408 e. The molecule has 1 rings (SSSR count). The van der Waals surface area contributed by atoms with Crippen molar-refractivity contribution in [2.75, 3.05) is 46.6 Å². The highest BCUT2D eigenvalue weighted by Gasteiger charge is 2.30. The number of amides is 1. The van der Waals surface area contributed by atoms with Crippen LogP contribution in [0.2, 0.25) is 0 Å². The molecule has 3 N–H and O–H groups in total. The molecule has 30 heavy (non-hydrogen) atoms. The minimum absolute atomic E-state index is 0.391. The predicted octanol–water partition coefficient (Wildman–Crippen LogP) is 3.07. The molecule has 8 heteroatoms. The summed E-state index contributed by atoms with van der Waals surface area (Å²) >= 11 is 0. The summed E-state index contributed by atoms with van der Waals surface area (Å²) < 4.78 is 16.6. The van der Waals surface area contributed by atoms with E-state index in [4.69, 9.17) is 14.2 Å². The average Bonchev–Trinajstić information content (AvgIpc) is 2.71. The zero-order valence-corrected chi connectivity index (χ0v) is 19.9. The van der Waals surface area contributed by atoms with Crippen molar-refractivity contribution in [2.24, 2.45) is 10.9 Å². The maximum absolute atomic E-state index is 12.3. The highest BCUT2D eigenvalue weighted by atomic mass is 16.6. The van der Waals surface area contributed by atoms with Crippen molar-refractivity contribution in [1.29, 1.82) is 0 Å². The van der Waals surface area contributed by atoms with Gasteiger partial charge in [-0.1, -0.05) is 13.8 Å². The molecule has 0 unspecified atom stereocenters. The zero-order valence-electron chi connectivity index (χ0n) is 19.9. The Morgan fingerprint density at radius 1 is 1.13 bits per heavy atom. The standard InChI is InChI=1S/C22H44N4O4/c1-7-22(8-2,26-20(27)30-21(3,4)5)17-25-19(23-6)24-12-9-13-29-16-18-10-14-28-15-11-18/h18H,7-17H2,1-6H3,(H,26,27)(H2,23,24,25). The van der Waals surface area contributed by atoms with Crippen LogP contribution < -0.4 is 16.0 Å². The van der Waals surface area contributed by atoms with Gasteiger partial charge in [-0.05, 0) is 58.8 Å². The quantitative estimate of drug-likeness (QED) is 0.266. The van der Waals surface area contributed by atoms with Gasteiger partial charge in [0.25, 0.3) is 0 Å². The number of hydrogen-bond acceptors (Lipinski definition) is 5. The second-order valence-electron chi connectivity index (χ2n) is 8.95. The van der Waals surface area contributed by atoms with Gasteiger partial charge in [-0.15, -0.1) is 0 Å². The lowest BCUT2D eigenvalue weighted by Gasteiger charge is -2.34. The summed E-state index contributed by atoms with van der Waals surface area (Å²) in [4.78, 5) is 16.6. The van der Waals surface area contributed by atoms with Crippen molar-refractivity contribution in [2.45, 2.75) is 77.9 Å². The number of aliphatic imine (C=N–C) groups is 1. The second kappa shape index (κ2) is 13.7. The molecule has 0 spiro atoms. The Balaban J connectivity index is 2.32. The molecule has 0 aromatic heterocycles. The number of nitrogens with one attached hydrogen (secondary N) is 3. The molecule has 1 aliphatic rings. The van der Waals surface area contributed by atoms with Gasteiger partial charge in [0, 0.05) is 46.6 Å². The number of carbonyl (C=O) groups excluding carboxylic acids is 1. The third kappa shape index (κ3) is 11.0. The Morgan fingerprint density at radius 2 is 1.80 bits per heavy atom. The first-order chi connectivity index (χ1) is 14.2. The molecule has 0 aliphatic carbocycles. The van der Waals surface area contributed by atoms with E-state index in [1.807, 2.05) is 20.8 Å². The fourth-order valence-electron chi connectivity index (χ4n) is 3.26. The highest BCUT2D eigenvalue weighted by Crippen LogP contribution is 2.16. The maximum atomic E-state index is 12.3. The van der Waals surface area contributed by atoms with Gasteiger partial charge in [-0.25, -0.2) is 4.79 Å². The number of ether oxygens (including phenoxy) is 3. The molecule has 1 aliphatic heterocycles. The summed E-state index contributed by atoms with van der Waals surface area (Å²) in [5, 5.41) is 9.70. The van der Waals surface area contributed by atoms with E-state index in [9.17, 15) is 4.79 Å². The van der Waals surface area contributed by atoms with Crippen LogP contribution in [0.1, 0.15) is 66.7 Å². The van der Waals surface area contributed by atoms with Crippen LogP contribution in [0.15, 0.2) is 4.99 Å². The van der Waals surface area contributed by atoms with Crippen LogP contribution in [-0.4, -0.2) is 69.8 Å². The molecule has 1 fully saturated rings. The minimum Gasteiger partial charge on any atom is -0.444 e. The van der Waals surface area contributed by atoms with Crippen molar-refractivity contribution < 1.29 is 19.0 Å². The fraction of sp³-hybridized carbons (Fsp3) is 0.909. The highest BCUT2D eigenvalue weighted by molar-refractivity contribution is 5.79. The lowest BCUT2D eigenvalue weighted by atomic mass is 9.93. The number of guanidine groups is 1. The van der Waals surface area contributed by atoms with E-state index in [0.717, 1.165) is 71.0 Å². The SMILES string of the molecule is CCC(CC)(CNC(=NC)NCCCOCC1CCOCC1)NC(=O)OC(C)(C)C. The molecule has 0 saturated carbocycles. The fourth-order valence-corrected chi connectivity index (χ4v) is 3.26. The van der Waals surface area contributed by atoms with Crippen LogP contribution in [0.25, 0.3) is 0 Å². The van der Waals surface area contributed by atoms with Crippen molar-refractivity contribution >= 4 is 12.1 Å². The Labute approximate surface area is 182 Å². The summed E-state index contributed by atoms with van der Waals surface area (Å²) in [7, 11) is 1.75. The van der Waals surface area contributed by atoms with E-state index in [1.165, 1.54) is 0 Å². The number of hydrogen-bond donors (Lipinski definition) is 3. The summed E-state index contributed by atoms with van der Waals surface area (Å²) in [5.41, 5.74) is -0.915. The van der Waals surface area contributed by atoms with Gasteiger partial charge >= 0.3 is 6.09 Å². The largest absolute Gasteiger partial charge is 0.444 e. The van der Waals surface area contributed by atoms with E-state index in [0.29, 0.717) is 12.5 Å². The van der Waals surface area contributed by atoms with E-state index in [2.05, 4.69) is 34.8 Å². The van der Waals surface area contributed by atoms with Crippen molar-refractivity contribution in [3.8, 4) is 0 Å². The molecule has 0 radical (unpaired) electrons. The lowest BCUT2D eigenvalue weighted by molar-refractivity contribution is 0.0203. The summed E-state index contributed by atoms with van der Waals surface area (Å²) in [5.74, 6) is 1.35. The Bertz CT molecular complexity index is 510. The molecule has 0 atom stereocenters. The lowest BCUT2D eigenvalue weighted by Crippen LogP contribution is -2.57. The van der Waals surface area contributed by atoms with Crippen molar-refractivity contribution in [3.63, 3.8) is 0 Å². The van der Waals surface area contributed by atoms with Gasteiger partial charge in [-0.2, -0.15) is 0 Å². The van der Waals surface area contributed by atoms with Crippen LogP contribution in [0.5, 0.6) is 0 Å². The normalized spacial score (nSPS) is 16.3. The molecule has 1 saturated heterocycles. The Hall–Kier alpha value is -1.54. The topological polar surface area (TPSA) is 93.2 Å². The van der Waals surface area contributed by atoms with E-state index in [1.54, 1.807) is 7.05 Å². The van der Waals surface area contributed by atoms with Crippen molar-refractivity contribution in [1.82, 2.24) is 16.0 Å².